The van der Waals surface area contributed by atoms with E-state index in [-0.39, 0.29) is 11.6 Å². The Balaban J connectivity index is 2.22. The molecule has 1 aromatic heterocycles. The first-order chi connectivity index (χ1) is 9.38. The summed E-state index contributed by atoms with van der Waals surface area (Å²) in [6.07, 6.45) is -0.0139. The SMILES string of the molecule is O=C(C=C(O)c1ccc(-n2ccnc2)cc1)C(F)(F)F. The number of halogens is 3. The van der Waals surface area contributed by atoms with Gasteiger partial charge in [-0.3, -0.25) is 4.79 Å². The molecule has 0 saturated heterocycles. The second-order valence-electron chi connectivity index (χ2n) is 3.91. The lowest BCUT2D eigenvalue weighted by Gasteiger charge is -2.05. The van der Waals surface area contributed by atoms with Gasteiger partial charge < -0.3 is 9.67 Å². The number of ketones is 1. The Hall–Kier alpha value is -2.57. The number of carbonyl (C=O) groups is 1. The van der Waals surface area contributed by atoms with Crippen molar-refractivity contribution in [3.63, 3.8) is 0 Å². The van der Waals surface area contributed by atoms with Gasteiger partial charge in [0.1, 0.15) is 5.76 Å². The number of benzene rings is 1. The smallest absolute Gasteiger partial charge is 0.454 e. The molecule has 4 nitrogen and oxygen atoms in total. The molecule has 0 aliphatic heterocycles. The predicted octanol–water partition coefficient (Wildman–Crippen LogP) is 2.90. The number of carbonyl (C=O) groups excluding carboxylic acids is 1. The Kier molecular flexibility index (Phi) is 3.60. The number of aromatic nitrogens is 2. The fraction of sp³-hybridized carbons (Fsp3) is 0.0769. The molecule has 0 atom stereocenters. The molecule has 0 unspecified atom stereocenters. The van der Waals surface area contributed by atoms with Gasteiger partial charge in [0.25, 0.3) is 5.78 Å². The number of hydrogen-bond donors (Lipinski definition) is 1. The Morgan fingerprint density at radius 1 is 1.25 bits per heavy atom. The molecule has 0 spiro atoms. The molecule has 1 N–H and O–H groups in total. The van der Waals surface area contributed by atoms with Crippen LogP contribution in [0.5, 0.6) is 0 Å². The van der Waals surface area contributed by atoms with Crippen molar-refractivity contribution in [1.29, 1.82) is 0 Å². The summed E-state index contributed by atoms with van der Waals surface area (Å²) in [4.78, 5) is 14.6. The van der Waals surface area contributed by atoms with Crippen molar-refractivity contribution in [1.82, 2.24) is 9.55 Å². The van der Waals surface area contributed by atoms with Gasteiger partial charge in [0, 0.05) is 29.7 Å². The highest BCUT2D eigenvalue weighted by molar-refractivity contribution is 5.99. The normalized spacial score (nSPS) is 12.4. The highest BCUT2D eigenvalue weighted by Crippen LogP contribution is 2.20. The number of hydrogen-bond acceptors (Lipinski definition) is 3. The molecule has 0 amide bonds. The lowest BCUT2D eigenvalue weighted by Crippen LogP contribution is -2.20. The van der Waals surface area contributed by atoms with E-state index in [0.717, 1.165) is 5.69 Å². The minimum atomic E-state index is -5.00. The van der Waals surface area contributed by atoms with Crippen molar-refractivity contribution >= 4 is 11.5 Å². The Morgan fingerprint density at radius 3 is 2.40 bits per heavy atom. The van der Waals surface area contributed by atoms with Crippen LogP contribution in [0.4, 0.5) is 13.2 Å². The van der Waals surface area contributed by atoms with Gasteiger partial charge in [-0.25, -0.2) is 4.98 Å². The van der Waals surface area contributed by atoms with Gasteiger partial charge >= 0.3 is 6.18 Å². The molecule has 1 aromatic carbocycles. The van der Waals surface area contributed by atoms with Crippen molar-refractivity contribution in [2.45, 2.75) is 6.18 Å². The molecule has 0 fully saturated rings. The first-order valence-electron chi connectivity index (χ1n) is 5.48. The first-order valence-corrected chi connectivity index (χ1v) is 5.48. The molecule has 7 heteroatoms. The van der Waals surface area contributed by atoms with E-state index in [1.54, 1.807) is 35.4 Å². The van der Waals surface area contributed by atoms with Crippen LogP contribution < -0.4 is 0 Å². The number of imidazole rings is 1. The average Bonchev–Trinajstić information content (AvgIpc) is 2.91. The third kappa shape index (κ3) is 3.05. The second kappa shape index (κ2) is 5.20. The Labute approximate surface area is 111 Å². The molecule has 0 aliphatic carbocycles. The molecular formula is C13H9F3N2O2. The van der Waals surface area contributed by atoms with Crippen molar-refractivity contribution < 1.29 is 23.1 Å². The molecule has 1 heterocycles. The van der Waals surface area contributed by atoms with E-state index < -0.39 is 17.7 Å². The summed E-state index contributed by atoms with van der Waals surface area (Å²) < 4.78 is 37.9. The number of aliphatic hydroxyl groups excluding tert-OH is 1. The lowest BCUT2D eigenvalue weighted by atomic mass is 10.1. The summed E-state index contributed by atoms with van der Waals surface area (Å²) in [6.45, 7) is 0. The molecule has 104 valence electrons. The molecule has 0 bridgehead atoms. The van der Waals surface area contributed by atoms with Crippen molar-refractivity contribution in [3.05, 3.63) is 54.6 Å². The molecule has 0 aliphatic rings. The third-order valence-electron chi connectivity index (χ3n) is 2.51. The fourth-order valence-electron chi connectivity index (χ4n) is 1.51. The van der Waals surface area contributed by atoms with Crippen LogP contribution in [-0.4, -0.2) is 26.6 Å². The van der Waals surface area contributed by atoms with Gasteiger partial charge in [0.2, 0.25) is 0 Å². The quantitative estimate of drug-likeness (QED) is 0.695. The molecule has 20 heavy (non-hydrogen) atoms. The highest BCUT2D eigenvalue weighted by Gasteiger charge is 2.36. The maximum atomic E-state index is 12.1. The van der Waals surface area contributed by atoms with Crippen LogP contribution in [0.15, 0.2) is 49.1 Å². The zero-order chi connectivity index (χ0) is 14.8. The standard InChI is InChI=1S/C13H9F3N2O2/c14-13(15,16)12(20)7-11(19)9-1-3-10(4-2-9)18-6-5-17-8-18/h1-8,19H. The van der Waals surface area contributed by atoms with Gasteiger partial charge in [-0.2, -0.15) is 13.2 Å². The first kappa shape index (κ1) is 13.9. The molecule has 0 saturated carbocycles. The van der Waals surface area contributed by atoms with Crippen molar-refractivity contribution in [2.75, 3.05) is 0 Å². The summed E-state index contributed by atoms with van der Waals surface area (Å²) in [5, 5.41) is 9.50. The van der Waals surface area contributed by atoms with Crippen LogP contribution in [0.3, 0.4) is 0 Å². The zero-order valence-corrected chi connectivity index (χ0v) is 10.0. The van der Waals surface area contributed by atoms with E-state index >= 15 is 0 Å². The molecule has 2 rings (SSSR count). The van der Waals surface area contributed by atoms with E-state index in [1.165, 1.54) is 12.1 Å². The van der Waals surface area contributed by atoms with Crippen LogP contribution in [0, 0.1) is 0 Å². The summed E-state index contributed by atoms with van der Waals surface area (Å²) >= 11 is 0. The maximum Gasteiger partial charge on any atom is 0.454 e. The van der Waals surface area contributed by atoms with Crippen molar-refractivity contribution in [3.8, 4) is 5.69 Å². The van der Waals surface area contributed by atoms with Crippen molar-refractivity contribution in [2.24, 2.45) is 0 Å². The highest BCUT2D eigenvalue weighted by atomic mass is 19.4. The Bertz CT molecular complexity index is 629. The summed E-state index contributed by atoms with van der Waals surface area (Å²) in [5.41, 5.74) is 0.840. The largest absolute Gasteiger partial charge is 0.507 e. The van der Waals surface area contributed by atoms with Gasteiger partial charge in [-0.1, -0.05) is 0 Å². The van der Waals surface area contributed by atoms with E-state index in [4.69, 9.17) is 0 Å². The fourth-order valence-corrected chi connectivity index (χ4v) is 1.51. The lowest BCUT2D eigenvalue weighted by molar-refractivity contribution is -0.165. The zero-order valence-electron chi connectivity index (χ0n) is 10.0. The van der Waals surface area contributed by atoms with Gasteiger partial charge in [-0.05, 0) is 24.3 Å². The minimum Gasteiger partial charge on any atom is -0.507 e. The molecular weight excluding hydrogens is 273 g/mol. The monoisotopic (exact) mass is 282 g/mol. The summed E-state index contributed by atoms with van der Waals surface area (Å²) in [6, 6.07) is 5.98. The number of aliphatic hydroxyl groups is 1. The molecule has 2 aromatic rings. The van der Waals surface area contributed by atoms with Gasteiger partial charge in [0.15, 0.2) is 0 Å². The number of alkyl halides is 3. The summed E-state index contributed by atoms with van der Waals surface area (Å²) in [7, 11) is 0. The van der Waals surface area contributed by atoms with E-state index in [1.807, 2.05) is 0 Å². The number of allylic oxidation sites excluding steroid dienone is 1. The van der Waals surface area contributed by atoms with Crippen LogP contribution in [0.2, 0.25) is 0 Å². The van der Waals surface area contributed by atoms with Crippen LogP contribution in [-0.2, 0) is 4.79 Å². The summed E-state index contributed by atoms with van der Waals surface area (Å²) in [5.74, 6) is -2.84. The maximum absolute atomic E-state index is 12.1. The Morgan fingerprint density at radius 2 is 1.90 bits per heavy atom. The number of nitrogens with zero attached hydrogens (tertiary/aromatic N) is 2. The number of rotatable bonds is 3. The minimum absolute atomic E-state index is 0.117. The molecule has 0 radical (unpaired) electrons. The third-order valence-corrected chi connectivity index (χ3v) is 2.51. The van der Waals surface area contributed by atoms with Gasteiger partial charge in [0.05, 0.1) is 6.33 Å². The topological polar surface area (TPSA) is 55.1 Å². The van der Waals surface area contributed by atoms with E-state index in [9.17, 15) is 23.1 Å². The van der Waals surface area contributed by atoms with Crippen LogP contribution in [0.1, 0.15) is 5.56 Å². The van der Waals surface area contributed by atoms with Gasteiger partial charge in [-0.15, -0.1) is 0 Å². The van der Waals surface area contributed by atoms with E-state index in [2.05, 4.69) is 4.98 Å². The van der Waals surface area contributed by atoms with Crippen LogP contribution >= 0.6 is 0 Å². The predicted molar refractivity (Wildman–Crippen MR) is 65.2 cm³/mol. The van der Waals surface area contributed by atoms with E-state index in [0.29, 0.717) is 0 Å². The average molecular weight is 282 g/mol. The van der Waals surface area contributed by atoms with Crippen LogP contribution in [0.25, 0.3) is 11.4 Å². The second-order valence-corrected chi connectivity index (χ2v) is 3.91.